The molecule has 0 heterocycles. The molecule has 0 aliphatic heterocycles. The van der Waals surface area contributed by atoms with Crippen molar-refractivity contribution >= 4 is 0 Å². The van der Waals surface area contributed by atoms with Gasteiger partial charge in [-0.05, 0) is 39.7 Å². The van der Waals surface area contributed by atoms with E-state index >= 15 is 0 Å². The van der Waals surface area contributed by atoms with Crippen molar-refractivity contribution in [2.75, 3.05) is 7.05 Å². The third-order valence-corrected chi connectivity index (χ3v) is 3.02. The number of hydrogen-bond donors (Lipinski definition) is 1. The van der Waals surface area contributed by atoms with Gasteiger partial charge >= 0.3 is 0 Å². The van der Waals surface area contributed by atoms with Crippen molar-refractivity contribution in [2.24, 2.45) is 5.92 Å². The molecule has 1 nitrogen and oxygen atoms in total. The molecule has 1 fully saturated rings. The zero-order chi connectivity index (χ0) is 7.61. The normalized spacial score (nSPS) is 21.9. The summed E-state index contributed by atoms with van der Waals surface area (Å²) < 4.78 is 0. The first-order valence-corrected chi connectivity index (χ1v) is 4.36. The summed E-state index contributed by atoms with van der Waals surface area (Å²) in [6.45, 7) is 4.62. The molecule has 1 heteroatoms. The maximum Gasteiger partial charge on any atom is 0.0150 e. The summed E-state index contributed by atoms with van der Waals surface area (Å²) in [6, 6.07) is 0. The van der Waals surface area contributed by atoms with Crippen LogP contribution in [0.1, 0.15) is 39.5 Å². The standard InChI is InChI=1S/C9H19N/c1-9(2,10-3)8-6-4-5-7-8/h8,10H,4-7H2,1-3H3. The fourth-order valence-corrected chi connectivity index (χ4v) is 1.85. The van der Waals surface area contributed by atoms with Crippen LogP contribution in [0.2, 0.25) is 0 Å². The molecule has 0 saturated heterocycles. The Bertz CT molecular complexity index is 101. The van der Waals surface area contributed by atoms with E-state index < -0.39 is 0 Å². The smallest absolute Gasteiger partial charge is 0.0150 e. The van der Waals surface area contributed by atoms with Crippen molar-refractivity contribution < 1.29 is 0 Å². The minimum absolute atomic E-state index is 0.372. The molecular formula is C9H19N. The van der Waals surface area contributed by atoms with Gasteiger partial charge in [-0.15, -0.1) is 0 Å². The second kappa shape index (κ2) is 2.91. The van der Waals surface area contributed by atoms with E-state index in [-0.39, 0.29) is 0 Å². The molecule has 1 saturated carbocycles. The number of hydrogen-bond acceptors (Lipinski definition) is 1. The Morgan fingerprint density at radius 1 is 1.20 bits per heavy atom. The summed E-state index contributed by atoms with van der Waals surface area (Å²) in [5, 5.41) is 3.38. The van der Waals surface area contributed by atoms with Crippen molar-refractivity contribution in [3.05, 3.63) is 0 Å². The lowest BCUT2D eigenvalue weighted by Crippen LogP contribution is -2.42. The van der Waals surface area contributed by atoms with Crippen molar-refractivity contribution in [1.29, 1.82) is 0 Å². The maximum absolute atomic E-state index is 3.38. The van der Waals surface area contributed by atoms with Gasteiger partial charge in [0.05, 0.1) is 0 Å². The molecule has 0 radical (unpaired) electrons. The first-order chi connectivity index (χ1) is 4.67. The molecule has 0 aromatic carbocycles. The summed E-state index contributed by atoms with van der Waals surface area (Å²) in [6.07, 6.45) is 5.73. The SMILES string of the molecule is CNC(C)(C)C1CCCC1. The lowest BCUT2D eigenvalue weighted by atomic mass is 9.86. The van der Waals surface area contributed by atoms with Crippen molar-refractivity contribution in [1.82, 2.24) is 5.32 Å². The minimum atomic E-state index is 0.372. The summed E-state index contributed by atoms with van der Waals surface area (Å²) in [4.78, 5) is 0. The number of nitrogens with one attached hydrogen (secondary N) is 1. The van der Waals surface area contributed by atoms with E-state index in [4.69, 9.17) is 0 Å². The van der Waals surface area contributed by atoms with Gasteiger partial charge in [0.1, 0.15) is 0 Å². The van der Waals surface area contributed by atoms with Crippen LogP contribution in [0.25, 0.3) is 0 Å². The van der Waals surface area contributed by atoms with Gasteiger partial charge in [0.2, 0.25) is 0 Å². The van der Waals surface area contributed by atoms with Crippen LogP contribution in [0.5, 0.6) is 0 Å². The summed E-state index contributed by atoms with van der Waals surface area (Å²) in [7, 11) is 2.07. The van der Waals surface area contributed by atoms with Crippen LogP contribution in [-0.4, -0.2) is 12.6 Å². The van der Waals surface area contributed by atoms with Gasteiger partial charge in [-0.2, -0.15) is 0 Å². The third kappa shape index (κ3) is 1.51. The highest BCUT2D eigenvalue weighted by molar-refractivity contribution is 4.87. The van der Waals surface area contributed by atoms with Gasteiger partial charge in [-0.25, -0.2) is 0 Å². The lowest BCUT2D eigenvalue weighted by molar-refractivity contribution is 0.274. The Labute approximate surface area is 64.2 Å². The van der Waals surface area contributed by atoms with E-state index in [0.29, 0.717) is 5.54 Å². The first-order valence-electron chi connectivity index (χ1n) is 4.36. The third-order valence-electron chi connectivity index (χ3n) is 3.02. The molecule has 1 N–H and O–H groups in total. The highest BCUT2D eigenvalue weighted by Crippen LogP contribution is 2.33. The molecule has 0 unspecified atom stereocenters. The fourth-order valence-electron chi connectivity index (χ4n) is 1.85. The maximum atomic E-state index is 3.38. The molecular weight excluding hydrogens is 122 g/mol. The Kier molecular flexibility index (Phi) is 2.35. The zero-order valence-corrected chi connectivity index (χ0v) is 7.41. The second-order valence-electron chi connectivity index (χ2n) is 3.95. The molecule has 1 rings (SSSR count). The van der Waals surface area contributed by atoms with Gasteiger partial charge in [0, 0.05) is 5.54 Å². The zero-order valence-electron chi connectivity index (χ0n) is 7.41. The molecule has 0 bridgehead atoms. The molecule has 0 atom stereocenters. The average molecular weight is 141 g/mol. The predicted molar refractivity (Wildman–Crippen MR) is 45.1 cm³/mol. The summed E-state index contributed by atoms with van der Waals surface area (Å²) in [5.74, 6) is 0.914. The molecule has 0 aromatic rings. The van der Waals surface area contributed by atoms with Crippen LogP contribution < -0.4 is 5.32 Å². The topological polar surface area (TPSA) is 12.0 Å². The van der Waals surface area contributed by atoms with Gasteiger partial charge in [0.25, 0.3) is 0 Å². The molecule has 1 aliphatic rings. The van der Waals surface area contributed by atoms with E-state index in [0.717, 1.165) is 5.92 Å². The quantitative estimate of drug-likeness (QED) is 0.621. The largest absolute Gasteiger partial charge is 0.315 e. The summed E-state index contributed by atoms with van der Waals surface area (Å²) >= 11 is 0. The Morgan fingerprint density at radius 3 is 2.10 bits per heavy atom. The van der Waals surface area contributed by atoms with Crippen LogP contribution in [0.3, 0.4) is 0 Å². The minimum Gasteiger partial charge on any atom is -0.315 e. The van der Waals surface area contributed by atoms with E-state index in [1.165, 1.54) is 25.7 Å². The molecule has 60 valence electrons. The van der Waals surface area contributed by atoms with Gasteiger partial charge < -0.3 is 5.32 Å². The fraction of sp³-hybridized carbons (Fsp3) is 1.00. The highest BCUT2D eigenvalue weighted by Gasteiger charge is 2.29. The summed E-state index contributed by atoms with van der Waals surface area (Å²) in [5.41, 5.74) is 0.372. The van der Waals surface area contributed by atoms with E-state index in [9.17, 15) is 0 Å². The monoisotopic (exact) mass is 141 g/mol. The van der Waals surface area contributed by atoms with Gasteiger partial charge in [0.15, 0.2) is 0 Å². The van der Waals surface area contributed by atoms with Crippen molar-refractivity contribution in [3.63, 3.8) is 0 Å². The second-order valence-corrected chi connectivity index (χ2v) is 3.95. The molecule has 0 spiro atoms. The lowest BCUT2D eigenvalue weighted by Gasteiger charge is -2.31. The Morgan fingerprint density at radius 2 is 1.70 bits per heavy atom. The van der Waals surface area contributed by atoms with Crippen LogP contribution in [0, 0.1) is 5.92 Å². The van der Waals surface area contributed by atoms with E-state index in [1.807, 2.05) is 0 Å². The average Bonchev–Trinajstić information content (AvgIpc) is 2.38. The van der Waals surface area contributed by atoms with Crippen LogP contribution >= 0.6 is 0 Å². The molecule has 10 heavy (non-hydrogen) atoms. The van der Waals surface area contributed by atoms with Crippen molar-refractivity contribution in [2.45, 2.75) is 45.1 Å². The van der Waals surface area contributed by atoms with Crippen LogP contribution in [0.15, 0.2) is 0 Å². The van der Waals surface area contributed by atoms with Crippen LogP contribution in [0.4, 0.5) is 0 Å². The first kappa shape index (κ1) is 8.06. The molecule has 1 aliphatic carbocycles. The number of rotatable bonds is 2. The highest BCUT2D eigenvalue weighted by atomic mass is 14.9. The molecule has 0 aromatic heterocycles. The van der Waals surface area contributed by atoms with Crippen molar-refractivity contribution in [3.8, 4) is 0 Å². The van der Waals surface area contributed by atoms with Crippen LogP contribution in [-0.2, 0) is 0 Å². The molecule has 0 amide bonds. The van der Waals surface area contributed by atoms with E-state index in [2.05, 4.69) is 26.2 Å². The predicted octanol–water partition coefficient (Wildman–Crippen LogP) is 2.17. The Hall–Kier alpha value is -0.0400. The van der Waals surface area contributed by atoms with Gasteiger partial charge in [-0.3, -0.25) is 0 Å². The van der Waals surface area contributed by atoms with E-state index in [1.54, 1.807) is 0 Å². The Balaban J connectivity index is 2.45. The van der Waals surface area contributed by atoms with Gasteiger partial charge in [-0.1, -0.05) is 12.8 Å².